The Hall–Kier alpha value is -1.93. The van der Waals surface area contributed by atoms with Gasteiger partial charge in [-0.1, -0.05) is 0 Å². The van der Waals surface area contributed by atoms with Crippen molar-refractivity contribution in [2.75, 3.05) is 49.2 Å². The van der Waals surface area contributed by atoms with Crippen molar-refractivity contribution in [3.05, 3.63) is 22.4 Å². The van der Waals surface area contributed by atoms with Crippen LogP contribution in [0.15, 0.2) is 12.3 Å². The minimum absolute atomic E-state index is 0.00188. The number of aliphatic hydroxyl groups excluding tert-OH is 2. The number of aliphatic hydroxyl groups is 2. The normalized spacial score (nSPS) is 14.4. The van der Waals surface area contributed by atoms with E-state index in [1.165, 1.54) is 12.3 Å². The predicted octanol–water partition coefficient (Wildman–Crippen LogP) is -0.399. The van der Waals surface area contributed by atoms with Crippen LogP contribution >= 0.6 is 0 Å². The minimum atomic E-state index is -0.491. The van der Waals surface area contributed by atoms with Crippen LogP contribution in [-0.4, -0.2) is 59.5 Å². The molecule has 19 heavy (non-hydrogen) atoms. The number of rotatable bonds is 5. The molecule has 0 unspecified atom stereocenters. The van der Waals surface area contributed by atoms with Crippen LogP contribution in [0.5, 0.6) is 0 Å². The molecule has 2 rings (SSSR count). The van der Waals surface area contributed by atoms with E-state index in [1.807, 2.05) is 9.80 Å². The second-order valence-corrected chi connectivity index (χ2v) is 4.21. The zero-order valence-electron chi connectivity index (χ0n) is 10.4. The van der Waals surface area contributed by atoms with E-state index in [0.717, 1.165) is 0 Å². The fourth-order valence-electron chi connectivity index (χ4n) is 2.17. The Kier molecular flexibility index (Phi) is 4.13. The Balaban J connectivity index is 2.38. The Bertz CT molecular complexity index is 468. The number of aromatic nitrogens is 1. The summed E-state index contributed by atoms with van der Waals surface area (Å²) in [5, 5.41) is 28.9. The molecule has 104 valence electrons. The Labute approximate surface area is 110 Å². The number of nitrogens with zero attached hydrogens (tertiary/aromatic N) is 4. The van der Waals surface area contributed by atoms with E-state index in [-0.39, 0.29) is 18.9 Å². The topological polar surface area (TPSA) is 103 Å². The summed E-state index contributed by atoms with van der Waals surface area (Å²) in [6, 6.07) is 1.46. The summed E-state index contributed by atoms with van der Waals surface area (Å²) in [6.45, 7) is 2.11. The fraction of sp³-hybridized carbons (Fsp3) is 0.545. The molecule has 0 aliphatic carbocycles. The number of hydrogen-bond acceptors (Lipinski definition) is 7. The smallest absolute Gasteiger partial charge is 0.289 e. The highest BCUT2D eigenvalue weighted by molar-refractivity contribution is 5.72. The average molecular weight is 268 g/mol. The fourth-order valence-corrected chi connectivity index (χ4v) is 2.17. The van der Waals surface area contributed by atoms with Crippen LogP contribution in [0.1, 0.15) is 0 Å². The Morgan fingerprint density at radius 2 is 1.89 bits per heavy atom. The van der Waals surface area contributed by atoms with Gasteiger partial charge in [0.05, 0.1) is 23.8 Å². The molecule has 1 aliphatic rings. The van der Waals surface area contributed by atoms with Crippen molar-refractivity contribution < 1.29 is 15.1 Å². The van der Waals surface area contributed by atoms with Gasteiger partial charge in [-0.2, -0.15) is 0 Å². The van der Waals surface area contributed by atoms with Crippen LogP contribution in [-0.2, 0) is 0 Å². The van der Waals surface area contributed by atoms with Crippen molar-refractivity contribution in [2.24, 2.45) is 0 Å². The van der Waals surface area contributed by atoms with E-state index in [0.29, 0.717) is 37.7 Å². The lowest BCUT2D eigenvalue weighted by molar-refractivity contribution is -0.385. The summed E-state index contributed by atoms with van der Waals surface area (Å²) < 4.78 is 0. The van der Waals surface area contributed by atoms with E-state index in [4.69, 9.17) is 10.2 Å². The van der Waals surface area contributed by atoms with Gasteiger partial charge in [0, 0.05) is 32.2 Å². The van der Waals surface area contributed by atoms with Crippen molar-refractivity contribution in [1.29, 1.82) is 0 Å². The van der Waals surface area contributed by atoms with Gasteiger partial charge in [-0.15, -0.1) is 0 Å². The molecule has 1 aromatic rings. The molecule has 0 fully saturated rings. The molecule has 0 saturated carbocycles. The summed E-state index contributed by atoms with van der Waals surface area (Å²) in [5.41, 5.74) is 0.551. The molecule has 0 aromatic carbocycles. The lowest BCUT2D eigenvalue weighted by atomic mass is 10.2. The monoisotopic (exact) mass is 268 g/mol. The molecule has 8 nitrogen and oxygen atoms in total. The summed E-state index contributed by atoms with van der Waals surface area (Å²) in [4.78, 5) is 18.2. The van der Waals surface area contributed by atoms with Crippen molar-refractivity contribution in [1.82, 2.24) is 4.98 Å². The second-order valence-electron chi connectivity index (χ2n) is 4.21. The van der Waals surface area contributed by atoms with Crippen LogP contribution in [0.25, 0.3) is 0 Å². The van der Waals surface area contributed by atoms with Gasteiger partial charge in [0.25, 0.3) is 5.69 Å². The molecule has 0 saturated heterocycles. The standard InChI is InChI=1S/C11H16N4O4/c16-5-3-13-1-2-14(4-6-17)11-10(13)7-9(8-12-11)15(18)19/h7-8,16-17H,1-6H2. The molecule has 8 heteroatoms. The third kappa shape index (κ3) is 2.74. The molecular weight excluding hydrogens is 252 g/mol. The molecule has 0 amide bonds. The van der Waals surface area contributed by atoms with E-state index in [9.17, 15) is 10.1 Å². The number of fused-ring (bicyclic) bond motifs is 1. The summed E-state index contributed by atoms with van der Waals surface area (Å²) in [5.74, 6) is 0.611. The molecular formula is C11H16N4O4. The second kappa shape index (κ2) is 5.81. The number of β-amino-alcohol motifs (C(OH)–C–C–N with tert-alkyl or cyclic N) is 2. The van der Waals surface area contributed by atoms with E-state index < -0.39 is 4.92 Å². The van der Waals surface area contributed by atoms with Crippen molar-refractivity contribution in [3.8, 4) is 0 Å². The first-order valence-electron chi connectivity index (χ1n) is 6.03. The number of pyridine rings is 1. The maximum Gasteiger partial charge on any atom is 0.289 e. The summed E-state index contributed by atoms with van der Waals surface area (Å²) >= 11 is 0. The predicted molar refractivity (Wildman–Crippen MR) is 69.5 cm³/mol. The van der Waals surface area contributed by atoms with Crippen molar-refractivity contribution in [3.63, 3.8) is 0 Å². The highest BCUT2D eigenvalue weighted by atomic mass is 16.6. The van der Waals surface area contributed by atoms with Gasteiger partial charge in [0.15, 0.2) is 5.82 Å². The van der Waals surface area contributed by atoms with Gasteiger partial charge >= 0.3 is 0 Å². The maximum atomic E-state index is 10.8. The van der Waals surface area contributed by atoms with Gasteiger partial charge in [-0.25, -0.2) is 4.98 Å². The van der Waals surface area contributed by atoms with Crippen LogP contribution in [0.3, 0.4) is 0 Å². The van der Waals surface area contributed by atoms with Crippen molar-refractivity contribution >= 4 is 17.2 Å². The van der Waals surface area contributed by atoms with E-state index in [1.54, 1.807) is 0 Å². The molecule has 0 atom stereocenters. The third-order valence-electron chi connectivity index (χ3n) is 3.06. The first-order valence-corrected chi connectivity index (χ1v) is 6.03. The molecule has 1 aliphatic heterocycles. The summed E-state index contributed by atoms with van der Waals surface area (Å²) in [7, 11) is 0. The quantitative estimate of drug-likeness (QED) is 0.553. The van der Waals surface area contributed by atoms with Crippen molar-refractivity contribution in [2.45, 2.75) is 0 Å². The largest absolute Gasteiger partial charge is 0.395 e. The minimum Gasteiger partial charge on any atom is -0.395 e. The Morgan fingerprint density at radius 1 is 1.26 bits per heavy atom. The van der Waals surface area contributed by atoms with Crippen LogP contribution in [0.2, 0.25) is 0 Å². The average Bonchev–Trinajstić information content (AvgIpc) is 2.41. The maximum absolute atomic E-state index is 10.8. The number of anilines is 2. The molecule has 0 spiro atoms. The van der Waals surface area contributed by atoms with Crippen LogP contribution in [0.4, 0.5) is 17.2 Å². The SMILES string of the molecule is O=[N+]([O-])c1cnc2c(c1)N(CCO)CCN2CCO. The molecule has 2 N–H and O–H groups in total. The first-order chi connectivity index (χ1) is 9.17. The lowest BCUT2D eigenvalue weighted by Crippen LogP contribution is -2.43. The van der Waals surface area contributed by atoms with Crippen LogP contribution < -0.4 is 9.80 Å². The number of nitro groups is 1. The van der Waals surface area contributed by atoms with Gasteiger partial charge in [0.2, 0.25) is 0 Å². The molecule has 2 heterocycles. The van der Waals surface area contributed by atoms with Crippen LogP contribution in [0, 0.1) is 10.1 Å². The highest BCUT2D eigenvalue weighted by Gasteiger charge is 2.25. The van der Waals surface area contributed by atoms with Gasteiger partial charge < -0.3 is 20.0 Å². The molecule has 1 aromatic heterocycles. The first kappa shape index (κ1) is 13.5. The zero-order chi connectivity index (χ0) is 13.8. The highest BCUT2D eigenvalue weighted by Crippen LogP contribution is 2.33. The molecule has 0 bridgehead atoms. The Morgan fingerprint density at radius 3 is 2.53 bits per heavy atom. The van der Waals surface area contributed by atoms with Gasteiger partial charge in [0.1, 0.15) is 6.20 Å². The van der Waals surface area contributed by atoms with E-state index in [2.05, 4.69) is 4.98 Å². The van der Waals surface area contributed by atoms with Gasteiger partial charge in [-0.05, 0) is 0 Å². The van der Waals surface area contributed by atoms with E-state index >= 15 is 0 Å². The lowest BCUT2D eigenvalue weighted by Gasteiger charge is -2.37. The van der Waals surface area contributed by atoms with Gasteiger partial charge in [-0.3, -0.25) is 10.1 Å². The number of hydrogen-bond donors (Lipinski definition) is 2. The third-order valence-corrected chi connectivity index (χ3v) is 3.06. The molecule has 0 radical (unpaired) electrons. The zero-order valence-corrected chi connectivity index (χ0v) is 10.4. The summed E-state index contributed by atoms with van der Waals surface area (Å²) in [6.07, 6.45) is 1.21.